The van der Waals surface area contributed by atoms with Gasteiger partial charge in [-0.2, -0.15) is 24.5 Å². The predicted molar refractivity (Wildman–Crippen MR) is 105 cm³/mol. The van der Waals surface area contributed by atoms with Gasteiger partial charge in [0.05, 0.1) is 9.45 Å². The topological polar surface area (TPSA) is 223 Å². The zero-order chi connectivity index (χ0) is 23.4. The van der Waals surface area contributed by atoms with Crippen molar-refractivity contribution in [1.82, 2.24) is 10.6 Å². The molecule has 31 heavy (non-hydrogen) atoms. The summed E-state index contributed by atoms with van der Waals surface area (Å²) < 4.78 is 54.6. The van der Waals surface area contributed by atoms with Crippen molar-refractivity contribution in [2.45, 2.75) is 29.8 Å². The van der Waals surface area contributed by atoms with Gasteiger partial charge >= 0.3 is 26.6 Å². The molecule has 0 saturated heterocycles. The lowest BCUT2D eigenvalue weighted by Gasteiger charge is -2.12. The minimum Gasteiger partial charge on any atom is -0.508 e. The molecule has 0 heterocycles. The number of phenols is 2. The Morgan fingerprint density at radius 1 is 1.10 bits per heavy atom. The van der Waals surface area contributed by atoms with E-state index in [0.717, 1.165) is 30.3 Å². The van der Waals surface area contributed by atoms with Crippen LogP contribution in [0.3, 0.4) is 0 Å². The number of aromatic hydroxyl groups is 2. The average molecular weight is 476 g/mol. The first-order valence-electron chi connectivity index (χ1n) is 8.34. The number of hydrogen-bond acceptors (Lipinski definition) is 10. The van der Waals surface area contributed by atoms with Crippen LogP contribution in [0.4, 0.5) is 4.79 Å². The van der Waals surface area contributed by atoms with Gasteiger partial charge in [-0.05, 0) is 39.2 Å². The fourth-order valence-corrected chi connectivity index (χ4v) is 3.83. The summed E-state index contributed by atoms with van der Waals surface area (Å²) in [7, 11) is -8.43. The number of carbonyl (C=O) groups excluding carboxylic acids is 1. The molecule has 169 valence electrons. The minimum absolute atomic E-state index is 0.0557. The summed E-state index contributed by atoms with van der Waals surface area (Å²) in [6.07, 6.45) is 0. The lowest BCUT2D eigenvalue weighted by molar-refractivity contribution is 0.240. The van der Waals surface area contributed by atoms with Crippen molar-refractivity contribution in [1.29, 1.82) is 0 Å². The van der Waals surface area contributed by atoms with Crippen LogP contribution < -0.4 is 22.4 Å². The Hall–Kier alpha value is -2.79. The van der Waals surface area contributed by atoms with E-state index in [1.165, 1.54) is 6.92 Å². The molecule has 1 radical (unpaired) electrons. The standard InChI is InChI=1S/C16H20N4O9S2/c1-9-4-13(31(26,27)29-18)6-11(15(9)22)8-20-16(23)19-7-10-5-12(2-3-14(10)21)30(24,25)28-17/h2-6,21-22H,7-8,17-18H2,1H3,(H2,19,20,23)/q+1. The summed E-state index contributed by atoms with van der Waals surface area (Å²) >= 11 is 0. The third-order valence-corrected chi connectivity index (χ3v) is 6.26. The summed E-state index contributed by atoms with van der Waals surface area (Å²) in [6, 6.07) is 4.69. The van der Waals surface area contributed by atoms with Gasteiger partial charge in [0.15, 0.2) is 0 Å². The molecule has 15 heteroatoms. The first-order valence-corrected chi connectivity index (χ1v) is 11.2. The van der Waals surface area contributed by atoms with Crippen LogP contribution in [0.1, 0.15) is 16.7 Å². The van der Waals surface area contributed by atoms with Gasteiger partial charge in [0.25, 0.3) is 0 Å². The van der Waals surface area contributed by atoms with E-state index in [1.54, 1.807) is 0 Å². The Bertz CT molecular complexity index is 1140. The first-order chi connectivity index (χ1) is 14.4. The normalized spacial score (nSPS) is 13.4. The summed E-state index contributed by atoms with van der Waals surface area (Å²) in [4.78, 5) is 11.4. The molecule has 0 aliphatic carbocycles. The van der Waals surface area contributed by atoms with Crippen molar-refractivity contribution in [2.24, 2.45) is 11.8 Å². The fraction of sp³-hybridized carbons (Fsp3) is 0.188. The number of phenolic OH excluding ortho intramolecular Hbond substituents is 2. The Morgan fingerprint density at radius 3 is 2.29 bits per heavy atom. The van der Waals surface area contributed by atoms with E-state index in [4.69, 9.17) is 11.8 Å². The molecule has 2 aromatic carbocycles. The van der Waals surface area contributed by atoms with Gasteiger partial charge in [-0.3, -0.25) is 0 Å². The third kappa shape index (κ3) is 5.88. The third-order valence-electron chi connectivity index (χ3n) is 4.11. The lowest BCUT2D eigenvalue weighted by atomic mass is 10.1. The SMILES string of the molecule is Cc1cc([S+]([O])(=O)ON)cc(CNC(=O)NCc2cc(S(=O)(=O)ON)ccc2O)c1O. The van der Waals surface area contributed by atoms with E-state index in [9.17, 15) is 32.2 Å². The molecule has 1 atom stereocenters. The number of hydrogen-bond donors (Lipinski definition) is 6. The van der Waals surface area contributed by atoms with Gasteiger partial charge in [0.1, 0.15) is 11.5 Å². The number of urea groups is 1. The van der Waals surface area contributed by atoms with Crippen molar-refractivity contribution in [3.63, 3.8) is 0 Å². The number of amides is 2. The van der Waals surface area contributed by atoms with Crippen LogP contribution in [-0.4, -0.2) is 24.7 Å². The number of nitrogens with one attached hydrogen (secondary N) is 2. The van der Waals surface area contributed by atoms with E-state index >= 15 is 0 Å². The molecule has 1 unspecified atom stereocenters. The second-order valence-electron chi connectivity index (χ2n) is 6.18. The number of benzene rings is 2. The Balaban J connectivity index is 2.09. The fourth-order valence-electron chi connectivity index (χ4n) is 2.48. The van der Waals surface area contributed by atoms with Gasteiger partial charge < -0.3 is 20.8 Å². The molecule has 13 nitrogen and oxygen atoms in total. The maximum Gasteiger partial charge on any atom is 0.447 e. The van der Waals surface area contributed by atoms with Crippen molar-refractivity contribution in [3.05, 3.63) is 47.0 Å². The van der Waals surface area contributed by atoms with Gasteiger partial charge in [-0.1, -0.05) is 0 Å². The van der Waals surface area contributed by atoms with Crippen LogP contribution in [0.25, 0.3) is 0 Å². The lowest BCUT2D eigenvalue weighted by Crippen LogP contribution is -2.34. The molecular weight excluding hydrogens is 456 g/mol. The van der Waals surface area contributed by atoms with Crippen LogP contribution in [0.5, 0.6) is 11.5 Å². The number of rotatable bonds is 8. The van der Waals surface area contributed by atoms with E-state index in [0.29, 0.717) is 0 Å². The van der Waals surface area contributed by atoms with Crippen molar-refractivity contribution in [3.8, 4) is 11.5 Å². The highest BCUT2D eigenvalue weighted by Gasteiger charge is 2.35. The molecule has 2 aromatic rings. The quantitative estimate of drug-likeness (QED) is 0.221. The zero-order valence-corrected chi connectivity index (χ0v) is 17.7. The molecule has 2 amide bonds. The molecule has 0 aliphatic rings. The van der Waals surface area contributed by atoms with Crippen molar-refractivity contribution >= 4 is 26.6 Å². The van der Waals surface area contributed by atoms with Gasteiger partial charge in [0.2, 0.25) is 4.90 Å². The van der Waals surface area contributed by atoms with E-state index in [-0.39, 0.29) is 51.1 Å². The smallest absolute Gasteiger partial charge is 0.447 e. The second kappa shape index (κ2) is 9.56. The molecular formula is C16H20N4O9S2+. The molecule has 0 saturated carbocycles. The first kappa shape index (κ1) is 24.5. The summed E-state index contributed by atoms with van der Waals surface area (Å²) in [5.74, 6) is 8.93. The molecule has 0 fully saturated rings. The van der Waals surface area contributed by atoms with E-state index in [2.05, 4.69) is 19.2 Å². The predicted octanol–water partition coefficient (Wildman–Crippen LogP) is -0.00618. The van der Waals surface area contributed by atoms with E-state index in [1.807, 2.05) is 0 Å². The molecule has 8 N–H and O–H groups in total. The average Bonchev–Trinajstić information content (AvgIpc) is 2.73. The summed E-state index contributed by atoms with van der Waals surface area (Å²) in [5, 5.41) is 24.7. The molecule has 0 aromatic heterocycles. The molecule has 0 spiro atoms. The van der Waals surface area contributed by atoms with E-state index < -0.39 is 26.6 Å². The Labute approximate surface area is 178 Å². The highest BCUT2D eigenvalue weighted by molar-refractivity contribution is 7.93. The zero-order valence-electron chi connectivity index (χ0n) is 16.0. The van der Waals surface area contributed by atoms with Gasteiger partial charge in [0, 0.05) is 36.3 Å². The maximum atomic E-state index is 12.1. The molecule has 0 aliphatic heterocycles. The highest BCUT2D eigenvalue weighted by atomic mass is 32.3. The Kier molecular flexibility index (Phi) is 7.55. The number of nitrogens with two attached hydrogens (primary N) is 2. The summed E-state index contributed by atoms with van der Waals surface area (Å²) in [5.41, 5.74) is 0.336. The largest absolute Gasteiger partial charge is 0.508 e. The van der Waals surface area contributed by atoms with Crippen LogP contribution >= 0.6 is 0 Å². The minimum atomic E-state index is -4.23. The second-order valence-corrected chi connectivity index (χ2v) is 9.32. The highest BCUT2D eigenvalue weighted by Crippen LogP contribution is 2.29. The number of aryl methyl sites for hydroxylation is 1. The van der Waals surface area contributed by atoms with Crippen LogP contribution in [-0.2, 0) is 51.0 Å². The van der Waals surface area contributed by atoms with Crippen LogP contribution in [0, 0.1) is 6.92 Å². The van der Waals surface area contributed by atoms with Crippen LogP contribution in [0.15, 0.2) is 40.1 Å². The van der Waals surface area contributed by atoms with Gasteiger partial charge in [-0.25, -0.2) is 4.79 Å². The monoisotopic (exact) mass is 476 g/mol. The molecule has 2 rings (SSSR count). The van der Waals surface area contributed by atoms with Gasteiger partial charge in [-0.15, -0.1) is 0 Å². The Morgan fingerprint density at radius 2 is 1.71 bits per heavy atom. The maximum absolute atomic E-state index is 12.1. The summed E-state index contributed by atoms with van der Waals surface area (Å²) in [6.45, 7) is 0.906. The molecule has 0 bridgehead atoms. The number of carbonyl (C=O) groups is 1. The van der Waals surface area contributed by atoms with Crippen LogP contribution in [0.2, 0.25) is 0 Å². The van der Waals surface area contributed by atoms with Crippen molar-refractivity contribution in [2.75, 3.05) is 0 Å². The van der Waals surface area contributed by atoms with Crippen molar-refractivity contribution < 1.29 is 40.8 Å².